The smallest absolute Gasteiger partial charge is 0.462 e. The van der Waals surface area contributed by atoms with E-state index < -0.39 is 97.5 Å². The number of aliphatic hydroxyl groups is 1. The summed E-state index contributed by atoms with van der Waals surface area (Å²) >= 11 is 0. The molecule has 0 aliphatic rings. The summed E-state index contributed by atoms with van der Waals surface area (Å²) in [4.78, 5) is 72.7. The maximum atomic E-state index is 13.1. The molecular formula is C73H142O17P2. The van der Waals surface area contributed by atoms with E-state index in [-0.39, 0.29) is 25.7 Å². The minimum atomic E-state index is -4.95. The highest BCUT2D eigenvalue weighted by atomic mass is 31.2. The van der Waals surface area contributed by atoms with Gasteiger partial charge in [-0.3, -0.25) is 37.3 Å². The molecule has 0 amide bonds. The first kappa shape index (κ1) is 90.1. The van der Waals surface area contributed by atoms with Gasteiger partial charge in [0, 0.05) is 25.7 Å². The van der Waals surface area contributed by atoms with Crippen molar-refractivity contribution in [3.05, 3.63) is 0 Å². The summed E-state index contributed by atoms with van der Waals surface area (Å²) in [5.74, 6) is 0.116. The highest BCUT2D eigenvalue weighted by Crippen LogP contribution is 2.45. The Morgan fingerprint density at radius 1 is 0.315 bits per heavy atom. The molecule has 0 saturated carbocycles. The number of esters is 4. The Kier molecular flexibility index (Phi) is 62.4. The lowest BCUT2D eigenvalue weighted by Crippen LogP contribution is -2.30. The number of ether oxygens (including phenoxy) is 4. The number of phosphoric acid groups is 2. The normalized spacial score (nSPS) is 14.4. The van der Waals surface area contributed by atoms with Crippen LogP contribution in [-0.4, -0.2) is 96.7 Å². The molecule has 6 atom stereocenters. The zero-order valence-electron chi connectivity index (χ0n) is 60.0. The second kappa shape index (κ2) is 63.8. The monoisotopic (exact) mass is 1350 g/mol. The number of unbranched alkanes of at least 4 members (excludes halogenated alkanes) is 38. The zero-order chi connectivity index (χ0) is 68.0. The van der Waals surface area contributed by atoms with Gasteiger partial charge in [-0.05, 0) is 43.4 Å². The van der Waals surface area contributed by atoms with E-state index in [9.17, 15) is 43.2 Å². The Morgan fingerprint density at radius 3 is 0.826 bits per heavy atom. The van der Waals surface area contributed by atoms with Gasteiger partial charge in [-0.15, -0.1) is 0 Å². The van der Waals surface area contributed by atoms with Crippen LogP contribution in [-0.2, 0) is 65.4 Å². The fraction of sp³-hybridized carbons (Fsp3) is 0.945. The molecule has 0 saturated heterocycles. The number of carbonyl (C=O) groups excluding carboxylic acids is 4. The van der Waals surface area contributed by atoms with Gasteiger partial charge in [0.15, 0.2) is 12.2 Å². The molecule has 3 unspecified atom stereocenters. The number of hydrogen-bond donors (Lipinski definition) is 3. The van der Waals surface area contributed by atoms with E-state index >= 15 is 0 Å². The van der Waals surface area contributed by atoms with Crippen molar-refractivity contribution in [1.82, 2.24) is 0 Å². The maximum Gasteiger partial charge on any atom is 0.472 e. The fourth-order valence-electron chi connectivity index (χ4n) is 11.0. The molecule has 0 heterocycles. The van der Waals surface area contributed by atoms with E-state index in [1.807, 2.05) is 0 Å². The molecule has 19 heteroatoms. The topological polar surface area (TPSA) is 237 Å². The fourth-order valence-corrected chi connectivity index (χ4v) is 12.6. The molecular weight excluding hydrogens is 1210 g/mol. The van der Waals surface area contributed by atoms with E-state index in [4.69, 9.17) is 37.0 Å². The quantitative estimate of drug-likeness (QED) is 0.0222. The van der Waals surface area contributed by atoms with Crippen LogP contribution in [0.2, 0.25) is 0 Å². The first-order chi connectivity index (χ1) is 44.3. The van der Waals surface area contributed by atoms with E-state index in [1.165, 1.54) is 180 Å². The van der Waals surface area contributed by atoms with Gasteiger partial charge in [-0.25, -0.2) is 9.13 Å². The molecule has 0 aromatic carbocycles. The van der Waals surface area contributed by atoms with Crippen molar-refractivity contribution in [1.29, 1.82) is 0 Å². The molecule has 92 heavy (non-hydrogen) atoms. The van der Waals surface area contributed by atoms with Crippen LogP contribution >= 0.6 is 15.6 Å². The molecule has 546 valence electrons. The molecule has 0 aromatic rings. The van der Waals surface area contributed by atoms with Gasteiger partial charge in [0.2, 0.25) is 0 Å². The second-order valence-electron chi connectivity index (χ2n) is 27.5. The third kappa shape index (κ3) is 65.4. The molecule has 0 bridgehead atoms. The first-order valence-corrected chi connectivity index (χ1v) is 40.9. The molecule has 17 nitrogen and oxygen atoms in total. The largest absolute Gasteiger partial charge is 0.472 e. The van der Waals surface area contributed by atoms with E-state index in [1.54, 1.807) is 0 Å². The van der Waals surface area contributed by atoms with Gasteiger partial charge in [-0.2, -0.15) is 0 Å². The van der Waals surface area contributed by atoms with Crippen LogP contribution in [0.1, 0.15) is 370 Å². The van der Waals surface area contributed by atoms with Crippen molar-refractivity contribution < 1.29 is 80.2 Å². The summed E-state index contributed by atoms with van der Waals surface area (Å²) in [7, 11) is -9.91. The number of phosphoric ester groups is 2. The van der Waals surface area contributed by atoms with Crippen molar-refractivity contribution in [2.75, 3.05) is 39.6 Å². The van der Waals surface area contributed by atoms with Crippen LogP contribution in [0.25, 0.3) is 0 Å². The number of carbonyl (C=O) groups is 4. The lowest BCUT2D eigenvalue weighted by Gasteiger charge is -2.21. The average molecular weight is 1350 g/mol. The summed E-state index contributed by atoms with van der Waals surface area (Å²) in [6.07, 6.45) is 48.6. The predicted molar refractivity (Wildman–Crippen MR) is 372 cm³/mol. The van der Waals surface area contributed by atoms with Crippen LogP contribution in [0.4, 0.5) is 0 Å². The molecule has 0 radical (unpaired) electrons. The molecule has 0 fully saturated rings. The third-order valence-electron chi connectivity index (χ3n) is 17.2. The van der Waals surface area contributed by atoms with Crippen molar-refractivity contribution in [2.24, 2.45) is 17.8 Å². The van der Waals surface area contributed by atoms with E-state index in [2.05, 4.69) is 48.5 Å². The van der Waals surface area contributed by atoms with Crippen LogP contribution in [0, 0.1) is 17.8 Å². The van der Waals surface area contributed by atoms with E-state index in [0.717, 1.165) is 108 Å². The summed E-state index contributed by atoms with van der Waals surface area (Å²) in [5, 5.41) is 10.6. The highest BCUT2D eigenvalue weighted by Gasteiger charge is 2.30. The van der Waals surface area contributed by atoms with Crippen LogP contribution in [0.3, 0.4) is 0 Å². The molecule has 0 rings (SSSR count). The van der Waals surface area contributed by atoms with Crippen molar-refractivity contribution in [3.63, 3.8) is 0 Å². The lowest BCUT2D eigenvalue weighted by molar-refractivity contribution is -0.161. The summed E-state index contributed by atoms with van der Waals surface area (Å²) in [6, 6.07) is 0. The summed E-state index contributed by atoms with van der Waals surface area (Å²) in [5.41, 5.74) is 0. The van der Waals surface area contributed by atoms with Gasteiger partial charge >= 0.3 is 39.5 Å². The number of aliphatic hydroxyl groups excluding tert-OH is 1. The molecule has 3 N–H and O–H groups in total. The first-order valence-electron chi connectivity index (χ1n) is 37.9. The van der Waals surface area contributed by atoms with Gasteiger partial charge < -0.3 is 33.8 Å². The molecule has 0 aliphatic carbocycles. The van der Waals surface area contributed by atoms with Gasteiger partial charge in [0.1, 0.15) is 19.3 Å². The van der Waals surface area contributed by atoms with Crippen LogP contribution in [0.15, 0.2) is 0 Å². The highest BCUT2D eigenvalue weighted by molar-refractivity contribution is 7.47. The predicted octanol–water partition coefficient (Wildman–Crippen LogP) is 21.0. The Labute approximate surface area is 562 Å². The van der Waals surface area contributed by atoms with E-state index in [0.29, 0.717) is 25.7 Å². The van der Waals surface area contributed by atoms with Gasteiger partial charge in [-0.1, -0.05) is 318 Å². The maximum absolute atomic E-state index is 13.1. The minimum Gasteiger partial charge on any atom is -0.462 e. The Hall–Kier alpha value is -1.94. The standard InChI is InChI=1S/C73H142O17P2/c1-8-10-11-12-13-14-15-16-17-18-19-20-21-24-35-42-49-56-72(77)89-68(60-83-70(75)54-47-40-33-25-22-23-30-37-44-51-64(3)4)62-87-91(79,80)85-58-67(74)59-86-92(81,82)88-63-69(61-84-71(76)55-48-41-34-28-26-31-38-45-52-65(5)6)90-73(78)57-50-43-36-29-27-32-39-46-53-66(7)9-2/h64-69,74H,8-63H2,1-7H3,(H,79,80)(H,81,82)/t66?,67-,68-,69-/m1/s1. The Morgan fingerprint density at radius 2 is 0.554 bits per heavy atom. The van der Waals surface area contributed by atoms with Crippen molar-refractivity contribution in [3.8, 4) is 0 Å². The zero-order valence-corrected chi connectivity index (χ0v) is 61.8. The lowest BCUT2D eigenvalue weighted by atomic mass is 9.99. The van der Waals surface area contributed by atoms with Crippen molar-refractivity contribution >= 4 is 39.5 Å². The molecule has 0 aromatic heterocycles. The number of hydrogen-bond acceptors (Lipinski definition) is 15. The molecule has 0 aliphatic heterocycles. The van der Waals surface area contributed by atoms with Crippen LogP contribution in [0.5, 0.6) is 0 Å². The Balaban J connectivity index is 5.25. The Bertz CT molecular complexity index is 1800. The third-order valence-corrected chi connectivity index (χ3v) is 19.1. The average Bonchev–Trinajstić information content (AvgIpc) is 1.58. The minimum absolute atomic E-state index is 0.104. The number of rotatable bonds is 71. The van der Waals surface area contributed by atoms with Gasteiger partial charge in [0.25, 0.3) is 0 Å². The van der Waals surface area contributed by atoms with Crippen LogP contribution < -0.4 is 0 Å². The van der Waals surface area contributed by atoms with Crippen molar-refractivity contribution in [2.45, 2.75) is 388 Å². The summed E-state index contributed by atoms with van der Waals surface area (Å²) < 4.78 is 68.4. The van der Waals surface area contributed by atoms with Gasteiger partial charge in [0.05, 0.1) is 26.4 Å². The SMILES string of the molecule is CCCCCCCCCCCCCCCCCCCC(=O)O[C@H](COC(=O)CCCCCCCCCCCC(C)C)COP(=O)(O)OC[C@@H](O)COP(=O)(O)OC[C@@H](COC(=O)CCCCCCCCCCC(C)C)OC(=O)CCCCCCCCCCC(C)CC. The molecule has 0 spiro atoms. The second-order valence-corrected chi connectivity index (χ2v) is 30.4. The summed E-state index contributed by atoms with van der Waals surface area (Å²) in [6.45, 7) is 11.8.